The molecule has 2 N–H and O–H groups in total. The van der Waals surface area contributed by atoms with E-state index in [0.717, 1.165) is 34.3 Å². The first-order chi connectivity index (χ1) is 17.1. The highest BCUT2D eigenvalue weighted by Crippen LogP contribution is 2.42. The number of carbonyl (C=O) groups is 2. The number of furan rings is 1. The molecule has 0 saturated carbocycles. The van der Waals surface area contributed by atoms with Crippen LogP contribution in [0.5, 0.6) is 0 Å². The minimum Gasteiger partial charge on any atom is -0.478 e. The molecule has 0 aliphatic carbocycles. The average Bonchev–Trinajstić information content (AvgIpc) is 3.46. The first kappa shape index (κ1) is 21.0. The molecule has 35 heavy (non-hydrogen) atoms. The number of hydrogen-bond acceptors (Lipinski definition) is 3. The van der Waals surface area contributed by atoms with Crippen molar-refractivity contribution in [3.8, 4) is 11.3 Å². The van der Waals surface area contributed by atoms with Gasteiger partial charge >= 0.3 is 5.97 Å². The maximum absolute atomic E-state index is 12.8. The summed E-state index contributed by atoms with van der Waals surface area (Å²) in [7, 11) is 0. The van der Waals surface area contributed by atoms with Crippen molar-refractivity contribution in [2.24, 2.45) is 0 Å². The normalized spacial score (nSPS) is 15.1. The van der Waals surface area contributed by atoms with Gasteiger partial charge in [-0.05, 0) is 47.5 Å². The van der Waals surface area contributed by atoms with E-state index in [9.17, 15) is 9.59 Å². The van der Waals surface area contributed by atoms with Crippen molar-refractivity contribution >= 4 is 28.5 Å². The van der Waals surface area contributed by atoms with Gasteiger partial charge in [0, 0.05) is 30.1 Å². The topological polar surface area (TPSA) is 84.5 Å². The fraction of sp³-hybridized carbons (Fsp3) is 0.103. The predicted molar refractivity (Wildman–Crippen MR) is 134 cm³/mol. The Balaban J connectivity index is 1.43. The van der Waals surface area contributed by atoms with Crippen molar-refractivity contribution in [1.82, 2.24) is 4.57 Å². The number of nitrogens with one attached hydrogen (secondary N) is 1. The monoisotopic (exact) mass is 462 g/mol. The average molecular weight is 463 g/mol. The summed E-state index contributed by atoms with van der Waals surface area (Å²) in [5.41, 5.74) is 5.12. The van der Waals surface area contributed by atoms with Crippen molar-refractivity contribution in [3.05, 3.63) is 114 Å². The van der Waals surface area contributed by atoms with Crippen LogP contribution in [0.25, 0.3) is 22.2 Å². The molecule has 0 bridgehead atoms. The maximum atomic E-state index is 12.8. The van der Waals surface area contributed by atoms with E-state index in [0.29, 0.717) is 11.5 Å². The van der Waals surface area contributed by atoms with Crippen molar-refractivity contribution in [3.63, 3.8) is 0 Å². The number of anilines is 1. The van der Waals surface area contributed by atoms with E-state index in [1.807, 2.05) is 42.5 Å². The summed E-state index contributed by atoms with van der Waals surface area (Å²) in [5, 5.41) is 13.3. The molecule has 0 radical (unpaired) electrons. The van der Waals surface area contributed by atoms with E-state index in [1.165, 1.54) is 5.56 Å². The van der Waals surface area contributed by atoms with Gasteiger partial charge in [0.15, 0.2) is 0 Å². The van der Waals surface area contributed by atoms with Crippen LogP contribution in [0.3, 0.4) is 0 Å². The fourth-order valence-electron chi connectivity index (χ4n) is 4.89. The first-order valence-corrected chi connectivity index (χ1v) is 11.5. The summed E-state index contributed by atoms with van der Waals surface area (Å²) >= 11 is 0. The number of hydrogen-bond donors (Lipinski definition) is 2. The zero-order valence-electron chi connectivity index (χ0n) is 18.8. The summed E-state index contributed by atoms with van der Waals surface area (Å²) in [4.78, 5) is 24.0. The molecule has 1 aliphatic rings. The maximum Gasteiger partial charge on any atom is 0.335 e. The van der Waals surface area contributed by atoms with Crippen LogP contribution in [0, 0.1) is 0 Å². The highest BCUT2D eigenvalue weighted by molar-refractivity contribution is 6.06. The molecule has 6 rings (SSSR count). The molecule has 3 aromatic carbocycles. The van der Waals surface area contributed by atoms with Gasteiger partial charge in [-0.25, -0.2) is 4.79 Å². The smallest absolute Gasteiger partial charge is 0.335 e. The van der Waals surface area contributed by atoms with Gasteiger partial charge in [0.1, 0.15) is 11.5 Å². The van der Waals surface area contributed by atoms with Crippen molar-refractivity contribution in [2.75, 3.05) is 5.32 Å². The molecule has 0 spiro atoms. The molecule has 1 atom stereocenters. The van der Waals surface area contributed by atoms with E-state index in [4.69, 9.17) is 9.52 Å². The Morgan fingerprint density at radius 3 is 2.54 bits per heavy atom. The van der Waals surface area contributed by atoms with E-state index < -0.39 is 5.97 Å². The molecule has 0 unspecified atom stereocenters. The Hall–Kier alpha value is -4.58. The third-order valence-corrected chi connectivity index (χ3v) is 6.56. The summed E-state index contributed by atoms with van der Waals surface area (Å²) in [6.07, 6.45) is 2.40. The zero-order chi connectivity index (χ0) is 23.9. The summed E-state index contributed by atoms with van der Waals surface area (Å²) in [6.45, 7) is 0.723. The second-order valence-corrected chi connectivity index (χ2v) is 8.79. The molecule has 1 aliphatic heterocycles. The summed E-state index contributed by atoms with van der Waals surface area (Å²) in [5.74, 6) is 0.0638. The number of benzene rings is 3. The molecular weight excluding hydrogens is 440 g/mol. The minimum absolute atomic E-state index is 0.0583. The number of rotatable bonds is 5. The van der Waals surface area contributed by atoms with Gasteiger partial charge in [0.05, 0.1) is 22.7 Å². The van der Waals surface area contributed by atoms with Crippen LogP contribution in [0.15, 0.2) is 95.5 Å². The summed E-state index contributed by atoms with van der Waals surface area (Å²) in [6, 6.07) is 26.6. The highest BCUT2D eigenvalue weighted by atomic mass is 16.4. The van der Waals surface area contributed by atoms with Gasteiger partial charge in [-0.2, -0.15) is 0 Å². The van der Waals surface area contributed by atoms with Crippen molar-refractivity contribution in [1.29, 1.82) is 0 Å². The molecule has 6 heteroatoms. The molecule has 0 saturated heterocycles. The second kappa shape index (κ2) is 8.33. The molecular formula is C29H22N2O4. The number of carboxylic acid groups (broad SMARTS) is 1. The van der Waals surface area contributed by atoms with Crippen LogP contribution < -0.4 is 5.32 Å². The van der Waals surface area contributed by atoms with Crippen LogP contribution in [-0.4, -0.2) is 21.6 Å². The van der Waals surface area contributed by atoms with Gasteiger partial charge in [0.2, 0.25) is 5.91 Å². The Morgan fingerprint density at radius 2 is 1.77 bits per heavy atom. The van der Waals surface area contributed by atoms with Crippen LogP contribution in [0.4, 0.5) is 5.69 Å². The van der Waals surface area contributed by atoms with E-state index in [1.54, 1.807) is 24.3 Å². The third-order valence-electron chi connectivity index (χ3n) is 6.56. The van der Waals surface area contributed by atoms with Gasteiger partial charge in [-0.3, -0.25) is 4.79 Å². The van der Waals surface area contributed by atoms with Crippen LogP contribution in [-0.2, 0) is 11.3 Å². The van der Waals surface area contributed by atoms with E-state index in [2.05, 4.69) is 34.3 Å². The molecule has 1 amide bonds. The van der Waals surface area contributed by atoms with Crippen molar-refractivity contribution in [2.45, 2.75) is 18.9 Å². The lowest BCUT2D eigenvalue weighted by atomic mass is 9.93. The number of carbonyl (C=O) groups excluding carboxylic acids is 1. The van der Waals surface area contributed by atoms with E-state index >= 15 is 0 Å². The van der Waals surface area contributed by atoms with Crippen LogP contribution in [0.2, 0.25) is 0 Å². The Labute approximate surface area is 201 Å². The zero-order valence-corrected chi connectivity index (χ0v) is 18.8. The summed E-state index contributed by atoms with van der Waals surface area (Å²) < 4.78 is 8.48. The Morgan fingerprint density at radius 1 is 0.971 bits per heavy atom. The molecule has 172 valence electrons. The van der Waals surface area contributed by atoms with E-state index in [-0.39, 0.29) is 23.8 Å². The van der Waals surface area contributed by atoms with Gasteiger partial charge in [-0.15, -0.1) is 0 Å². The molecule has 3 heterocycles. The minimum atomic E-state index is -0.969. The molecule has 0 fully saturated rings. The van der Waals surface area contributed by atoms with Gasteiger partial charge < -0.3 is 19.4 Å². The number of aromatic carboxylic acids is 1. The molecule has 5 aromatic rings. The number of carboxylic acids is 1. The Bertz CT molecular complexity index is 1560. The highest BCUT2D eigenvalue weighted by Gasteiger charge is 2.30. The quantitative estimate of drug-likeness (QED) is 0.329. The van der Waals surface area contributed by atoms with Gasteiger partial charge in [-0.1, -0.05) is 48.5 Å². The number of nitrogens with zero attached hydrogens (tertiary/aromatic N) is 1. The van der Waals surface area contributed by atoms with Crippen molar-refractivity contribution < 1.29 is 19.1 Å². The predicted octanol–water partition coefficient (Wildman–Crippen LogP) is 6.12. The fourth-order valence-corrected chi connectivity index (χ4v) is 4.89. The lowest BCUT2D eigenvalue weighted by Gasteiger charge is -2.11. The first-order valence-electron chi connectivity index (χ1n) is 11.5. The van der Waals surface area contributed by atoms with Crippen LogP contribution in [0.1, 0.15) is 39.6 Å². The lowest BCUT2D eigenvalue weighted by Crippen LogP contribution is -2.13. The van der Waals surface area contributed by atoms with Gasteiger partial charge in [0.25, 0.3) is 0 Å². The van der Waals surface area contributed by atoms with Crippen LogP contribution >= 0.6 is 0 Å². The number of amides is 1. The number of aromatic nitrogens is 1. The second-order valence-electron chi connectivity index (χ2n) is 8.79. The molecule has 2 aromatic heterocycles. The lowest BCUT2D eigenvalue weighted by molar-refractivity contribution is -0.116. The largest absolute Gasteiger partial charge is 0.478 e. The Kier molecular flexibility index (Phi) is 4.99. The third kappa shape index (κ3) is 3.79. The SMILES string of the molecule is O=C1C[C@@H](c2ccc(-c3ccc(C(=O)O)cc3)o2)c2cn(Cc3ccccc3)c3cccc(c23)N1. The standard InChI is InChI=1S/C29H22N2O4/c32-27-15-21(26-14-13-25(35-26)19-9-11-20(12-10-19)29(33)34)22-17-31(16-18-5-2-1-3-6-18)24-8-4-7-23(30-27)28(22)24/h1-14,17,21H,15-16H2,(H,30,32)(H,33,34)/t21-/m1/s1. The molecule has 6 nitrogen and oxygen atoms in total.